The Labute approximate surface area is 106 Å². The van der Waals surface area contributed by atoms with E-state index < -0.39 is 3.23 Å². The first kappa shape index (κ1) is 12.7. The molecule has 0 fully saturated rings. The molecule has 0 heterocycles. The minimum atomic E-state index is -0.953. The van der Waals surface area contributed by atoms with Crippen LogP contribution in [-0.4, -0.2) is 12.1 Å². The molecule has 4 heteroatoms. The van der Waals surface area contributed by atoms with Gasteiger partial charge in [0, 0.05) is 0 Å². The van der Waals surface area contributed by atoms with E-state index in [9.17, 15) is 4.79 Å². The van der Waals surface area contributed by atoms with Gasteiger partial charge < -0.3 is 4.74 Å². The van der Waals surface area contributed by atoms with Crippen molar-refractivity contribution in [2.75, 3.05) is 0 Å². The number of ether oxygens (including phenoxy) is 1. The van der Waals surface area contributed by atoms with E-state index in [0.29, 0.717) is 0 Å². The topological polar surface area (TPSA) is 26.3 Å². The van der Waals surface area contributed by atoms with Crippen LogP contribution in [0.5, 0.6) is 0 Å². The van der Waals surface area contributed by atoms with Gasteiger partial charge in [-0.2, -0.15) is 0 Å². The Morgan fingerprint density at radius 2 is 1.80 bits per heavy atom. The summed E-state index contributed by atoms with van der Waals surface area (Å²) < 4.78 is 4.18. The molecule has 1 aromatic carbocycles. The highest BCUT2D eigenvalue weighted by atomic mass is 79.9. The van der Waals surface area contributed by atoms with Crippen LogP contribution in [0, 0.1) is 0 Å². The van der Waals surface area contributed by atoms with Gasteiger partial charge in [0.2, 0.25) is 3.23 Å². The molecule has 0 aliphatic heterocycles. The van der Waals surface area contributed by atoms with Gasteiger partial charge in [0.05, 0.1) is 6.10 Å². The molecule has 0 radical (unpaired) electrons. The third-order valence-corrected chi connectivity index (χ3v) is 3.30. The zero-order valence-corrected chi connectivity index (χ0v) is 11.7. The van der Waals surface area contributed by atoms with Crippen LogP contribution in [0.4, 0.5) is 0 Å². The maximum absolute atomic E-state index is 11.8. The Morgan fingerprint density at radius 3 is 2.27 bits per heavy atom. The molecule has 0 spiro atoms. The van der Waals surface area contributed by atoms with Crippen LogP contribution < -0.4 is 0 Å². The molecular weight excluding hydrogens is 324 g/mol. The largest absolute Gasteiger partial charge is 0.461 e. The standard InChI is InChI=1S/C11H12Br2O2/c1-8(2)15-10(14)11(12,13)9-6-4-3-5-7-9/h3-8H,1-2H3. The molecule has 0 saturated carbocycles. The van der Waals surface area contributed by atoms with E-state index in [1.165, 1.54) is 0 Å². The van der Waals surface area contributed by atoms with Crippen LogP contribution >= 0.6 is 31.9 Å². The molecule has 0 atom stereocenters. The van der Waals surface area contributed by atoms with E-state index in [0.717, 1.165) is 5.56 Å². The van der Waals surface area contributed by atoms with E-state index in [-0.39, 0.29) is 12.1 Å². The molecule has 0 saturated heterocycles. The summed E-state index contributed by atoms with van der Waals surface area (Å²) in [4.78, 5) is 11.8. The van der Waals surface area contributed by atoms with Crippen molar-refractivity contribution < 1.29 is 9.53 Å². The van der Waals surface area contributed by atoms with Gasteiger partial charge in [0.15, 0.2) is 0 Å². The van der Waals surface area contributed by atoms with Crippen molar-refractivity contribution in [1.82, 2.24) is 0 Å². The number of hydrogen-bond acceptors (Lipinski definition) is 2. The van der Waals surface area contributed by atoms with E-state index in [2.05, 4.69) is 31.9 Å². The van der Waals surface area contributed by atoms with Gasteiger partial charge in [0.25, 0.3) is 0 Å². The molecule has 0 aliphatic carbocycles. The fourth-order valence-corrected chi connectivity index (χ4v) is 1.77. The highest BCUT2D eigenvalue weighted by Gasteiger charge is 2.36. The predicted molar refractivity (Wildman–Crippen MR) is 67.2 cm³/mol. The first-order valence-corrected chi connectivity index (χ1v) is 6.17. The molecule has 2 nitrogen and oxygen atoms in total. The number of halogens is 2. The number of hydrogen-bond donors (Lipinski definition) is 0. The first-order chi connectivity index (χ1) is 6.94. The first-order valence-electron chi connectivity index (χ1n) is 4.59. The van der Waals surface area contributed by atoms with Crippen molar-refractivity contribution in [3.8, 4) is 0 Å². The molecule has 82 valence electrons. The van der Waals surface area contributed by atoms with E-state index in [1.54, 1.807) is 0 Å². The number of rotatable bonds is 3. The highest BCUT2D eigenvalue weighted by Crippen LogP contribution is 2.39. The Balaban J connectivity index is 2.88. The van der Waals surface area contributed by atoms with Crippen molar-refractivity contribution in [3.05, 3.63) is 35.9 Å². The van der Waals surface area contributed by atoms with Crippen LogP contribution in [0.3, 0.4) is 0 Å². The van der Waals surface area contributed by atoms with Gasteiger partial charge in [-0.15, -0.1) is 0 Å². The Bertz CT molecular complexity index is 334. The summed E-state index contributed by atoms with van der Waals surface area (Å²) >= 11 is 6.65. The fraction of sp³-hybridized carbons (Fsp3) is 0.364. The monoisotopic (exact) mass is 334 g/mol. The maximum Gasteiger partial charge on any atom is 0.338 e. The number of carbonyl (C=O) groups excluding carboxylic acids is 1. The molecule has 0 aromatic heterocycles. The summed E-state index contributed by atoms with van der Waals surface area (Å²) in [7, 11) is 0. The van der Waals surface area contributed by atoms with Gasteiger partial charge in [-0.3, -0.25) is 0 Å². The molecule has 0 amide bonds. The Kier molecular flexibility index (Phi) is 4.34. The number of esters is 1. The minimum Gasteiger partial charge on any atom is -0.461 e. The quantitative estimate of drug-likeness (QED) is 0.623. The summed E-state index contributed by atoms with van der Waals surface area (Å²) in [5.74, 6) is -0.344. The lowest BCUT2D eigenvalue weighted by Gasteiger charge is -2.20. The minimum absolute atomic E-state index is 0.129. The maximum atomic E-state index is 11.8. The summed E-state index contributed by atoms with van der Waals surface area (Å²) in [5, 5.41) is 0. The van der Waals surface area contributed by atoms with E-state index in [4.69, 9.17) is 4.74 Å². The molecule has 0 bridgehead atoms. The number of carbonyl (C=O) groups is 1. The zero-order valence-electron chi connectivity index (χ0n) is 8.54. The van der Waals surface area contributed by atoms with Gasteiger partial charge in [-0.25, -0.2) is 4.79 Å². The number of benzene rings is 1. The van der Waals surface area contributed by atoms with E-state index >= 15 is 0 Å². The van der Waals surface area contributed by atoms with Gasteiger partial charge in [-0.05, 0) is 19.4 Å². The lowest BCUT2D eigenvalue weighted by atomic mass is 10.1. The molecule has 15 heavy (non-hydrogen) atoms. The summed E-state index contributed by atoms with van der Waals surface area (Å²) in [6, 6.07) is 9.34. The summed E-state index contributed by atoms with van der Waals surface area (Å²) in [5.41, 5.74) is 0.815. The normalized spacial score (nSPS) is 11.5. The van der Waals surface area contributed by atoms with Gasteiger partial charge in [0.1, 0.15) is 0 Å². The Hall–Kier alpha value is -0.350. The lowest BCUT2D eigenvalue weighted by molar-refractivity contribution is -0.147. The third kappa shape index (κ3) is 3.31. The third-order valence-electron chi connectivity index (χ3n) is 1.74. The van der Waals surface area contributed by atoms with Gasteiger partial charge >= 0.3 is 5.97 Å². The molecule has 1 aromatic rings. The van der Waals surface area contributed by atoms with Crippen molar-refractivity contribution >= 4 is 37.8 Å². The molecule has 0 aliphatic rings. The molecule has 0 N–H and O–H groups in total. The van der Waals surface area contributed by atoms with Crippen molar-refractivity contribution in [1.29, 1.82) is 0 Å². The average Bonchev–Trinajstić information content (AvgIpc) is 2.18. The van der Waals surface area contributed by atoms with Crippen LogP contribution in [-0.2, 0) is 12.8 Å². The second-order valence-electron chi connectivity index (χ2n) is 3.39. The van der Waals surface area contributed by atoms with Gasteiger partial charge in [-0.1, -0.05) is 62.2 Å². The average molecular weight is 336 g/mol. The number of alkyl halides is 2. The molecule has 1 rings (SSSR count). The zero-order chi connectivity index (χ0) is 11.5. The highest BCUT2D eigenvalue weighted by molar-refractivity contribution is 9.25. The fourth-order valence-electron chi connectivity index (χ4n) is 1.05. The van der Waals surface area contributed by atoms with Crippen molar-refractivity contribution in [2.45, 2.75) is 23.2 Å². The van der Waals surface area contributed by atoms with Crippen LogP contribution in [0.15, 0.2) is 30.3 Å². The van der Waals surface area contributed by atoms with E-state index in [1.807, 2.05) is 44.2 Å². The van der Waals surface area contributed by atoms with Crippen LogP contribution in [0.1, 0.15) is 19.4 Å². The SMILES string of the molecule is CC(C)OC(=O)C(Br)(Br)c1ccccc1. The Morgan fingerprint density at radius 1 is 1.27 bits per heavy atom. The summed E-state index contributed by atoms with van der Waals surface area (Å²) in [6.07, 6.45) is -0.129. The predicted octanol–water partition coefficient (Wildman–Crippen LogP) is 3.58. The summed E-state index contributed by atoms with van der Waals surface area (Å²) in [6.45, 7) is 3.64. The molecule has 0 unspecified atom stereocenters. The van der Waals surface area contributed by atoms with Crippen molar-refractivity contribution in [2.24, 2.45) is 0 Å². The molecular formula is C11H12Br2O2. The second-order valence-corrected chi connectivity index (χ2v) is 6.84. The second kappa shape index (κ2) is 5.12. The van der Waals surface area contributed by atoms with Crippen LogP contribution in [0.2, 0.25) is 0 Å². The van der Waals surface area contributed by atoms with Crippen LogP contribution in [0.25, 0.3) is 0 Å². The smallest absolute Gasteiger partial charge is 0.338 e. The lowest BCUT2D eigenvalue weighted by Crippen LogP contribution is -2.27. The van der Waals surface area contributed by atoms with Crippen molar-refractivity contribution in [3.63, 3.8) is 0 Å².